The summed E-state index contributed by atoms with van der Waals surface area (Å²) in [7, 11) is 2.05. The SMILES string of the molecule is Cc1noc(C)c1CN(C)CCOc1cccc(Cl)c1. The Labute approximate surface area is 124 Å². The van der Waals surface area contributed by atoms with Crippen LogP contribution in [0.3, 0.4) is 0 Å². The van der Waals surface area contributed by atoms with Gasteiger partial charge in [-0.05, 0) is 39.1 Å². The molecule has 2 aromatic rings. The van der Waals surface area contributed by atoms with E-state index in [2.05, 4.69) is 10.1 Å². The maximum absolute atomic E-state index is 5.91. The lowest BCUT2D eigenvalue weighted by atomic mass is 10.2. The minimum Gasteiger partial charge on any atom is -0.492 e. The minimum absolute atomic E-state index is 0.611. The number of aryl methyl sites for hydroxylation is 2. The number of hydrogen-bond acceptors (Lipinski definition) is 4. The van der Waals surface area contributed by atoms with Gasteiger partial charge in [0.25, 0.3) is 0 Å². The van der Waals surface area contributed by atoms with Gasteiger partial charge in [-0.25, -0.2) is 0 Å². The molecule has 0 unspecified atom stereocenters. The van der Waals surface area contributed by atoms with E-state index in [1.807, 2.05) is 45.2 Å². The summed E-state index contributed by atoms with van der Waals surface area (Å²) >= 11 is 5.91. The van der Waals surface area contributed by atoms with Gasteiger partial charge < -0.3 is 9.26 Å². The minimum atomic E-state index is 0.611. The number of aromatic nitrogens is 1. The Hall–Kier alpha value is -1.52. The van der Waals surface area contributed by atoms with E-state index in [9.17, 15) is 0 Å². The molecule has 0 N–H and O–H groups in total. The highest BCUT2D eigenvalue weighted by Crippen LogP contribution is 2.17. The highest BCUT2D eigenvalue weighted by atomic mass is 35.5. The monoisotopic (exact) mass is 294 g/mol. The Kier molecular flexibility index (Phi) is 5.04. The number of ether oxygens (including phenoxy) is 1. The molecule has 0 atom stereocenters. The maximum atomic E-state index is 5.91. The van der Waals surface area contributed by atoms with E-state index in [4.69, 9.17) is 20.9 Å². The van der Waals surface area contributed by atoms with Crippen LogP contribution in [0.25, 0.3) is 0 Å². The van der Waals surface area contributed by atoms with Gasteiger partial charge in [0, 0.05) is 23.7 Å². The molecule has 4 nitrogen and oxygen atoms in total. The number of nitrogens with zero attached hydrogens (tertiary/aromatic N) is 2. The van der Waals surface area contributed by atoms with Crippen molar-refractivity contribution in [1.82, 2.24) is 10.1 Å². The Balaban J connectivity index is 1.80. The summed E-state index contributed by atoms with van der Waals surface area (Å²) in [5.74, 6) is 1.67. The fraction of sp³-hybridized carbons (Fsp3) is 0.400. The highest BCUT2D eigenvalue weighted by Gasteiger charge is 2.11. The summed E-state index contributed by atoms with van der Waals surface area (Å²) in [5.41, 5.74) is 2.10. The van der Waals surface area contributed by atoms with Gasteiger partial charge in [0.2, 0.25) is 0 Å². The lowest BCUT2D eigenvalue weighted by Gasteiger charge is -2.16. The van der Waals surface area contributed by atoms with Crippen molar-refractivity contribution in [2.45, 2.75) is 20.4 Å². The summed E-state index contributed by atoms with van der Waals surface area (Å²) in [6.07, 6.45) is 0. The van der Waals surface area contributed by atoms with Gasteiger partial charge in [-0.2, -0.15) is 0 Å². The number of benzene rings is 1. The Morgan fingerprint density at radius 2 is 2.15 bits per heavy atom. The summed E-state index contributed by atoms with van der Waals surface area (Å²) in [4.78, 5) is 2.18. The zero-order valence-corrected chi connectivity index (χ0v) is 12.8. The van der Waals surface area contributed by atoms with E-state index in [1.54, 1.807) is 0 Å². The van der Waals surface area contributed by atoms with Crippen LogP contribution < -0.4 is 4.74 Å². The number of hydrogen-bond donors (Lipinski definition) is 0. The van der Waals surface area contributed by atoms with Gasteiger partial charge in [-0.15, -0.1) is 0 Å². The van der Waals surface area contributed by atoms with Crippen LogP contribution in [0.1, 0.15) is 17.0 Å². The summed E-state index contributed by atoms with van der Waals surface area (Å²) in [6.45, 7) is 6.13. The van der Waals surface area contributed by atoms with Crippen LogP contribution in [0.4, 0.5) is 0 Å². The molecule has 0 aliphatic rings. The van der Waals surface area contributed by atoms with E-state index in [1.165, 1.54) is 0 Å². The van der Waals surface area contributed by atoms with Gasteiger partial charge in [0.1, 0.15) is 18.1 Å². The lowest BCUT2D eigenvalue weighted by Crippen LogP contribution is -2.24. The van der Waals surface area contributed by atoms with Crippen molar-refractivity contribution in [3.05, 3.63) is 46.3 Å². The van der Waals surface area contributed by atoms with E-state index in [0.717, 1.165) is 35.9 Å². The summed E-state index contributed by atoms with van der Waals surface area (Å²) in [6, 6.07) is 7.43. The van der Waals surface area contributed by atoms with E-state index >= 15 is 0 Å². The molecule has 20 heavy (non-hydrogen) atoms. The van der Waals surface area contributed by atoms with Gasteiger partial charge in [0.05, 0.1) is 5.69 Å². The molecule has 0 bridgehead atoms. The third kappa shape index (κ3) is 3.99. The first-order valence-corrected chi connectivity index (χ1v) is 6.92. The molecule has 2 rings (SSSR count). The second-order valence-corrected chi connectivity index (χ2v) is 5.28. The third-order valence-electron chi connectivity index (χ3n) is 3.15. The second-order valence-electron chi connectivity index (χ2n) is 4.85. The highest BCUT2D eigenvalue weighted by molar-refractivity contribution is 6.30. The molecular formula is C15H19ClN2O2. The number of likely N-dealkylation sites (N-methyl/N-ethyl adjacent to an activating group) is 1. The predicted molar refractivity (Wildman–Crippen MR) is 79.3 cm³/mol. The van der Waals surface area contributed by atoms with Gasteiger partial charge in [-0.1, -0.05) is 22.8 Å². The zero-order valence-electron chi connectivity index (χ0n) is 12.0. The van der Waals surface area contributed by atoms with Crippen LogP contribution in [0.2, 0.25) is 5.02 Å². The second kappa shape index (κ2) is 6.77. The number of rotatable bonds is 6. The van der Waals surface area contributed by atoms with Crippen molar-refractivity contribution in [1.29, 1.82) is 0 Å². The van der Waals surface area contributed by atoms with Crippen molar-refractivity contribution in [2.24, 2.45) is 0 Å². The smallest absolute Gasteiger partial charge is 0.138 e. The topological polar surface area (TPSA) is 38.5 Å². The van der Waals surface area contributed by atoms with Crippen molar-refractivity contribution < 1.29 is 9.26 Å². The van der Waals surface area contributed by atoms with Crippen LogP contribution in [-0.2, 0) is 6.54 Å². The average molecular weight is 295 g/mol. The molecule has 0 amide bonds. The normalized spacial score (nSPS) is 11.1. The van der Waals surface area contributed by atoms with Gasteiger partial charge in [0.15, 0.2) is 0 Å². The van der Waals surface area contributed by atoms with Crippen LogP contribution in [-0.4, -0.2) is 30.3 Å². The standard InChI is InChI=1S/C15H19ClN2O2/c1-11-15(12(2)20-17-11)10-18(3)7-8-19-14-6-4-5-13(16)9-14/h4-6,9H,7-8,10H2,1-3H3. The zero-order chi connectivity index (χ0) is 14.5. The predicted octanol–water partition coefficient (Wildman–Crippen LogP) is 3.46. The summed E-state index contributed by atoms with van der Waals surface area (Å²) < 4.78 is 10.8. The molecule has 0 fully saturated rings. The molecule has 0 aliphatic heterocycles. The molecule has 1 heterocycles. The van der Waals surface area contributed by atoms with Gasteiger partial charge >= 0.3 is 0 Å². The number of halogens is 1. The molecule has 0 saturated carbocycles. The molecule has 5 heteroatoms. The first kappa shape index (κ1) is 14.9. The molecule has 0 saturated heterocycles. The fourth-order valence-corrected chi connectivity index (χ4v) is 2.13. The summed E-state index contributed by atoms with van der Waals surface area (Å²) in [5, 5.41) is 4.65. The van der Waals surface area contributed by atoms with Crippen LogP contribution in [0, 0.1) is 13.8 Å². The lowest BCUT2D eigenvalue weighted by molar-refractivity contribution is 0.232. The van der Waals surface area contributed by atoms with E-state index in [-0.39, 0.29) is 0 Å². The van der Waals surface area contributed by atoms with Gasteiger partial charge in [-0.3, -0.25) is 4.90 Å². The van der Waals surface area contributed by atoms with Crippen molar-refractivity contribution >= 4 is 11.6 Å². The molecule has 0 spiro atoms. The first-order chi connectivity index (χ1) is 9.56. The molecule has 1 aromatic heterocycles. The van der Waals surface area contributed by atoms with E-state index in [0.29, 0.717) is 11.6 Å². The van der Waals surface area contributed by atoms with Crippen LogP contribution >= 0.6 is 11.6 Å². The Bertz CT molecular complexity index is 549. The Morgan fingerprint density at radius 1 is 1.35 bits per heavy atom. The molecule has 108 valence electrons. The molecule has 1 aromatic carbocycles. The van der Waals surface area contributed by atoms with Crippen LogP contribution in [0.15, 0.2) is 28.8 Å². The third-order valence-corrected chi connectivity index (χ3v) is 3.38. The molecule has 0 aliphatic carbocycles. The van der Waals surface area contributed by atoms with Crippen molar-refractivity contribution in [2.75, 3.05) is 20.2 Å². The average Bonchev–Trinajstić information content (AvgIpc) is 2.71. The molecule has 0 radical (unpaired) electrons. The quantitative estimate of drug-likeness (QED) is 0.818. The van der Waals surface area contributed by atoms with Crippen molar-refractivity contribution in [3.63, 3.8) is 0 Å². The molecular weight excluding hydrogens is 276 g/mol. The van der Waals surface area contributed by atoms with Crippen LogP contribution in [0.5, 0.6) is 5.75 Å². The Morgan fingerprint density at radius 3 is 2.80 bits per heavy atom. The van der Waals surface area contributed by atoms with E-state index < -0.39 is 0 Å². The largest absolute Gasteiger partial charge is 0.492 e. The fourth-order valence-electron chi connectivity index (χ4n) is 1.95. The maximum Gasteiger partial charge on any atom is 0.138 e. The van der Waals surface area contributed by atoms with Crippen molar-refractivity contribution in [3.8, 4) is 5.75 Å². The first-order valence-electron chi connectivity index (χ1n) is 6.55.